The highest BCUT2D eigenvalue weighted by atomic mass is 16.3. The van der Waals surface area contributed by atoms with Gasteiger partial charge in [-0.1, -0.05) is 6.07 Å². The van der Waals surface area contributed by atoms with Crippen LogP contribution in [0, 0.1) is 6.92 Å². The van der Waals surface area contributed by atoms with Crippen molar-refractivity contribution in [2.75, 3.05) is 5.32 Å². The lowest BCUT2D eigenvalue weighted by Crippen LogP contribution is -2.42. The van der Waals surface area contributed by atoms with Crippen LogP contribution in [0.3, 0.4) is 0 Å². The van der Waals surface area contributed by atoms with Gasteiger partial charge in [0.2, 0.25) is 5.95 Å². The minimum atomic E-state index is -0.491. The fourth-order valence-corrected chi connectivity index (χ4v) is 1.49. The molecule has 0 spiro atoms. The molecule has 0 amide bonds. The number of fused-ring (bicyclic) bond motifs is 1. The number of aromatic nitrogens is 3. The third-order valence-electron chi connectivity index (χ3n) is 3.04. The number of hydrogen-bond donors (Lipinski definition) is 2. The van der Waals surface area contributed by atoms with E-state index in [2.05, 4.69) is 15.4 Å². The smallest absolute Gasteiger partial charge is 0.243 e. The molecule has 17 heavy (non-hydrogen) atoms. The van der Waals surface area contributed by atoms with Gasteiger partial charge in [-0.3, -0.25) is 0 Å². The zero-order chi connectivity index (χ0) is 12.6. The Hall–Kier alpha value is -1.62. The second-order valence-electron chi connectivity index (χ2n) is 4.92. The van der Waals surface area contributed by atoms with Gasteiger partial charge in [0.15, 0.2) is 5.65 Å². The van der Waals surface area contributed by atoms with Gasteiger partial charge in [0.1, 0.15) is 0 Å². The third-order valence-corrected chi connectivity index (χ3v) is 3.04. The second kappa shape index (κ2) is 4.00. The van der Waals surface area contributed by atoms with Gasteiger partial charge < -0.3 is 10.4 Å². The molecular formula is C12H18N4O. The molecule has 0 saturated heterocycles. The third kappa shape index (κ3) is 2.24. The lowest BCUT2D eigenvalue weighted by Gasteiger charge is -2.28. The topological polar surface area (TPSA) is 62.5 Å². The van der Waals surface area contributed by atoms with Gasteiger partial charge in [-0.2, -0.15) is 4.98 Å². The molecular weight excluding hydrogens is 216 g/mol. The minimum absolute atomic E-state index is 0.459. The molecule has 92 valence electrons. The summed E-state index contributed by atoms with van der Waals surface area (Å²) in [6.07, 6.45) is 1.37. The summed E-state index contributed by atoms with van der Waals surface area (Å²) in [6.45, 7) is 7.56. The van der Waals surface area contributed by atoms with Crippen LogP contribution in [0.15, 0.2) is 18.3 Å². The second-order valence-corrected chi connectivity index (χ2v) is 4.92. The zero-order valence-electron chi connectivity index (χ0n) is 10.6. The Balaban J connectivity index is 2.35. The van der Waals surface area contributed by atoms with Crippen LogP contribution < -0.4 is 5.32 Å². The van der Waals surface area contributed by atoms with Gasteiger partial charge in [-0.25, -0.2) is 4.52 Å². The molecule has 0 fully saturated rings. The van der Waals surface area contributed by atoms with Crippen molar-refractivity contribution in [3.8, 4) is 0 Å². The minimum Gasteiger partial charge on any atom is -0.391 e. The van der Waals surface area contributed by atoms with Crippen molar-refractivity contribution in [2.45, 2.75) is 39.3 Å². The Kier molecular flexibility index (Phi) is 2.79. The van der Waals surface area contributed by atoms with Crippen molar-refractivity contribution in [3.05, 3.63) is 23.9 Å². The maximum absolute atomic E-state index is 9.65. The molecule has 0 aliphatic rings. The van der Waals surface area contributed by atoms with Crippen molar-refractivity contribution in [3.63, 3.8) is 0 Å². The highest BCUT2D eigenvalue weighted by Crippen LogP contribution is 2.17. The normalized spacial score (nSPS) is 13.9. The average molecular weight is 234 g/mol. The van der Waals surface area contributed by atoms with E-state index in [9.17, 15) is 5.11 Å². The summed E-state index contributed by atoms with van der Waals surface area (Å²) in [4.78, 5) is 4.41. The first-order valence-electron chi connectivity index (χ1n) is 5.68. The van der Waals surface area contributed by atoms with E-state index in [1.165, 1.54) is 0 Å². The van der Waals surface area contributed by atoms with E-state index in [1.54, 1.807) is 11.4 Å². The fraction of sp³-hybridized carbons (Fsp3) is 0.500. The van der Waals surface area contributed by atoms with Gasteiger partial charge in [0.25, 0.3) is 0 Å². The number of aryl methyl sites for hydroxylation is 1. The lowest BCUT2D eigenvalue weighted by atomic mass is 9.99. The van der Waals surface area contributed by atoms with E-state index >= 15 is 0 Å². The lowest BCUT2D eigenvalue weighted by molar-refractivity contribution is 0.132. The molecule has 1 atom stereocenters. The summed E-state index contributed by atoms with van der Waals surface area (Å²) in [6, 6.07) is 3.92. The molecule has 1 unspecified atom stereocenters. The molecule has 0 saturated carbocycles. The molecule has 0 radical (unpaired) electrons. The van der Waals surface area contributed by atoms with Crippen LogP contribution in [-0.4, -0.2) is 31.3 Å². The number of aliphatic hydroxyl groups excluding tert-OH is 1. The standard InChI is InChI=1S/C12H18N4O/c1-8-6-5-7-16-10(8)13-11(15-16)14-12(3,4)9(2)17/h5-7,9,17H,1-4H3,(H,14,15). The summed E-state index contributed by atoms with van der Waals surface area (Å²) < 4.78 is 1.73. The monoisotopic (exact) mass is 234 g/mol. The number of nitrogens with one attached hydrogen (secondary N) is 1. The Labute approximate surface area is 100 Å². The van der Waals surface area contributed by atoms with Crippen LogP contribution in [0.4, 0.5) is 5.95 Å². The number of rotatable bonds is 3. The summed E-state index contributed by atoms with van der Waals surface area (Å²) in [5.74, 6) is 0.533. The number of nitrogens with zero attached hydrogens (tertiary/aromatic N) is 3. The van der Waals surface area contributed by atoms with Gasteiger partial charge in [-0.05, 0) is 39.3 Å². The molecule has 2 aromatic heterocycles. The predicted molar refractivity (Wildman–Crippen MR) is 67.1 cm³/mol. The van der Waals surface area contributed by atoms with Gasteiger partial charge in [-0.15, -0.1) is 5.10 Å². The molecule has 2 heterocycles. The average Bonchev–Trinajstić information content (AvgIpc) is 2.60. The summed E-state index contributed by atoms with van der Waals surface area (Å²) in [7, 11) is 0. The van der Waals surface area contributed by atoms with Crippen molar-refractivity contribution >= 4 is 11.6 Å². The number of hydrogen-bond acceptors (Lipinski definition) is 4. The maximum atomic E-state index is 9.65. The molecule has 2 N–H and O–H groups in total. The SMILES string of the molecule is Cc1cccn2nc(NC(C)(C)C(C)O)nc12. The highest BCUT2D eigenvalue weighted by Gasteiger charge is 2.25. The van der Waals surface area contributed by atoms with E-state index in [0.717, 1.165) is 11.2 Å². The molecule has 5 heteroatoms. The van der Waals surface area contributed by atoms with Gasteiger partial charge in [0, 0.05) is 6.20 Å². The Morgan fingerprint density at radius 1 is 1.47 bits per heavy atom. The van der Waals surface area contributed by atoms with E-state index < -0.39 is 11.6 Å². The molecule has 2 aromatic rings. The number of anilines is 1. The predicted octanol–water partition coefficient (Wildman–Crippen LogP) is 1.61. The summed E-state index contributed by atoms with van der Waals surface area (Å²) >= 11 is 0. The quantitative estimate of drug-likeness (QED) is 0.847. The first-order chi connectivity index (χ1) is 7.90. The van der Waals surface area contributed by atoms with Crippen LogP contribution in [0.5, 0.6) is 0 Å². The Bertz CT molecular complexity index is 530. The van der Waals surface area contributed by atoms with E-state index in [1.807, 2.05) is 39.1 Å². The van der Waals surface area contributed by atoms with E-state index in [4.69, 9.17) is 0 Å². The number of aliphatic hydroxyl groups is 1. The zero-order valence-corrected chi connectivity index (χ0v) is 10.6. The van der Waals surface area contributed by atoms with Crippen molar-refractivity contribution in [1.29, 1.82) is 0 Å². The van der Waals surface area contributed by atoms with Gasteiger partial charge in [0.05, 0.1) is 11.6 Å². The first kappa shape index (κ1) is 11.9. The van der Waals surface area contributed by atoms with Crippen LogP contribution in [0.25, 0.3) is 5.65 Å². The molecule has 0 aliphatic carbocycles. The van der Waals surface area contributed by atoms with Crippen LogP contribution in [-0.2, 0) is 0 Å². The molecule has 0 aromatic carbocycles. The summed E-state index contributed by atoms with van der Waals surface area (Å²) in [5, 5.41) is 17.1. The maximum Gasteiger partial charge on any atom is 0.243 e. The van der Waals surface area contributed by atoms with Crippen LogP contribution >= 0.6 is 0 Å². The van der Waals surface area contributed by atoms with Crippen molar-refractivity contribution in [1.82, 2.24) is 14.6 Å². The summed E-state index contributed by atoms with van der Waals surface area (Å²) in [5.41, 5.74) is 1.44. The Morgan fingerprint density at radius 3 is 2.76 bits per heavy atom. The molecule has 2 rings (SSSR count). The van der Waals surface area contributed by atoms with Crippen molar-refractivity contribution in [2.24, 2.45) is 0 Å². The van der Waals surface area contributed by atoms with E-state index in [-0.39, 0.29) is 0 Å². The molecule has 0 aliphatic heterocycles. The Morgan fingerprint density at radius 2 is 2.18 bits per heavy atom. The molecule has 5 nitrogen and oxygen atoms in total. The fourth-order valence-electron chi connectivity index (χ4n) is 1.49. The van der Waals surface area contributed by atoms with Crippen LogP contribution in [0.1, 0.15) is 26.3 Å². The van der Waals surface area contributed by atoms with Crippen LogP contribution in [0.2, 0.25) is 0 Å². The highest BCUT2D eigenvalue weighted by molar-refractivity contribution is 5.50. The number of pyridine rings is 1. The van der Waals surface area contributed by atoms with Gasteiger partial charge >= 0.3 is 0 Å². The van der Waals surface area contributed by atoms with E-state index in [0.29, 0.717) is 5.95 Å². The molecule has 0 bridgehead atoms. The first-order valence-corrected chi connectivity index (χ1v) is 5.68. The van der Waals surface area contributed by atoms with Crippen molar-refractivity contribution < 1.29 is 5.11 Å². The largest absolute Gasteiger partial charge is 0.391 e.